The summed E-state index contributed by atoms with van der Waals surface area (Å²) in [7, 11) is 0. The number of hydrogen-bond acceptors (Lipinski definition) is 1. The minimum atomic E-state index is 0.722. The lowest BCUT2D eigenvalue weighted by atomic mass is 9.90. The van der Waals surface area contributed by atoms with Crippen molar-refractivity contribution < 1.29 is 0 Å². The Bertz CT molecular complexity index is 318. The van der Waals surface area contributed by atoms with Crippen LogP contribution in [-0.4, -0.2) is 6.21 Å². The minimum Gasteiger partial charge on any atom is -0.261 e. The molecule has 1 saturated carbocycles. The van der Waals surface area contributed by atoms with Gasteiger partial charge in [0.2, 0.25) is 0 Å². The predicted molar refractivity (Wildman–Crippen MR) is 65.9 cm³/mol. The van der Waals surface area contributed by atoms with Crippen LogP contribution in [0.3, 0.4) is 0 Å². The molecule has 1 heteroatoms. The van der Waals surface area contributed by atoms with E-state index in [0.717, 1.165) is 11.6 Å². The van der Waals surface area contributed by atoms with Crippen molar-refractivity contribution in [1.82, 2.24) is 0 Å². The Morgan fingerprint density at radius 1 is 1.07 bits per heavy atom. The first-order valence-electron chi connectivity index (χ1n) is 5.95. The molecule has 0 unspecified atom stereocenters. The molecule has 0 amide bonds. The molecular weight excluding hydrogens is 182 g/mol. The van der Waals surface area contributed by atoms with Crippen LogP contribution in [0.2, 0.25) is 0 Å². The molecule has 0 bridgehead atoms. The van der Waals surface area contributed by atoms with Crippen molar-refractivity contribution in [2.24, 2.45) is 10.9 Å². The second kappa shape index (κ2) is 5.11. The lowest BCUT2D eigenvalue weighted by molar-refractivity contribution is 0.445. The zero-order valence-corrected chi connectivity index (χ0v) is 9.45. The second-order valence-corrected chi connectivity index (χ2v) is 4.51. The maximum atomic E-state index is 4.55. The Kier molecular flexibility index (Phi) is 3.54. The molecule has 1 aliphatic carbocycles. The fourth-order valence-corrected chi connectivity index (χ4v) is 2.11. The lowest BCUT2D eigenvalue weighted by Gasteiger charge is -2.16. The van der Waals surface area contributed by atoms with Gasteiger partial charge in [0, 0.05) is 6.21 Å². The summed E-state index contributed by atoms with van der Waals surface area (Å²) < 4.78 is 0. The monoisotopic (exact) mass is 201 g/mol. The smallest absolute Gasteiger partial charge is 0.0626 e. The van der Waals surface area contributed by atoms with Crippen molar-refractivity contribution in [3.05, 3.63) is 29.8 Å². The third kappa shape index (κ3) is 3.19. The highest BCUT2D eigenvalue weighted by Crippen LogP contribution is 2.23. The zero-order valence-electron chi connectivity index (χ0n) is 9.45. The van der Waals surface area contributed by atoms with Crippen molar-refractivity contribution >= 4 is 11.9 Å². The summed E-state index contributed by atoms with van der Waals surface area (Å²) in [5, 5.41) is 0. The summed E-state index contributed by atoms with van der Waals surface area (Å²) in [5.74, 6) is 0.722. The number of nitrogens with zero attached hydrogens (tertiary/aromatic N) is 1. The molecule has 0 heterocycles. The summed E-state index contributed by atoms with van der Waals surface area (Å²) in [6, 6.07) is 8.42. The van der Waals surface area contributed by atoms with Crippen molar-refractivity contribution in [2.45, 2.75) is 39.0 Å². The highest BCUT2D eigenvalue weighted by atomic mass is 14.7. The third-order valence-corrected chi connectivity index (χ3v) is 3.12. The number of hydrogen-bond donors (Lipinski definition) is 0. The van der Waals surface area contributed by atoms with Gasteiger partial charge in [0.05, 0.1) is 5.69 Å². The van der Waals surface area contributed by atoms with E-state index >= 15 is 0 Å². The van der Waals surface area contributed by atoms with Crippen molar-refractivity contribution in [2.75, 3.05) is 0 Å². The number of aryl methyl sites for hydroxylation is 1. The molecule has 15 heavy (non-hydrogen) atoms. The Labute approximate surface area is 92.2 Å². The maximum absolute atomic E-state index is 4.55. The van der Waals surface area contributed by atoms with Crippen LogP contribution in [0, 0.1) is 12.8 Å². The van der Waals surface area contributed by atoms with E-state index in [0.29, 0.717) is 0 Å². The van der Waals surface area contributed by atoms with Gasteiger partial charge in [0.1, 0.15) is 0 Å². The lowest BCUT2D eigenvalue weighted by Crippen LogP contribution is -2.06. The maximum Gasteiger partial charge on any atom is 0.0626 e. The van der Waals surface area contributed by atoms with Gasteiger partial charge >= 0.3 is 0 Å². The van der Waals surface area contributed by atoms with Gasteiger partial charge < -0.3 is 0 Å². The van der Waals surface area contributed by atoms with Gasteiger partial charge in [0.15, 0.2) is 0 Å². The standard InChI is InChI=1S/C14H19N/c1-12-7-9-14(10-8-12)15-11-13-5-3-2-4-6-13/h7-11,13H,2-6H2,1H3. The molecule has 0 spiro atoms. The molecule has 1 aromatic carbocycles. The van der Waals surface area contributed by atoms with Crippen LogP contribution in [0.1, 0.15) is 37.7 Å². The van der Waals surface area contributed by atoms with Crippen molar-refractivity contribution in [1.29, 1.82) is 0 Å². The summed E-state index contributed by atoms with van der Waals surface area (Å²) in [4.78, 5) is 4.55. The average Bonchev–Trinajstić information content (AvgIpc) is 2.30. The van der Waals surface area contributed by atoms with E-state index in [1.54, 1.807) is 0 Å². The van der Waals surface area contributed by atoms with Gasteiger partial charge in [-0.1, -0.05) is 37.0 Å². The normalized spacial score (nSPS) is 18.5. The van der Waals surface area contributed by atoms with Gasteiger partial charge in [-0.2, -0.15) is 0 Å². The molecular formula is C14H19N. The summed E-state index contributed by atoms with van der Waals surface area (Å²) in [5.41, 5.74) is 2.39. The van der Waals surface area contributed by atoms with Crippen LogP contribution in [0.5, 0.6) is 0 Å². The number of benzene rings is 1. The van der Waals surface area contributed by atoms with E-state index < -0.39 is 0 Å². The Balaban J connectivity index is 1.95. The second-order valence-electron chi connectivity index (χ2n) is 4.51. The fourth-order valence-electron chi connectivity index (χ4n) is 2.11. The van der Waals surface area contributed by atoms with E-state index in [1.165, 1.54) is 37.7 Å². The molecule has 1 nitrogen and oxygen atoms in total. The van der Waals surface area contributed by atoms with E-state index in [1.807, 2.05) is 0 Å². The predicted octanol–water partition coefficient (Wildman–Crippen LogP) is 4.28. The molecule has 0 atom stereocenters. The van der Waals surface area contributed by atoms with E-state index in [-0.39, 0.29) is 0 Å². The molecule has 80 valence electrons. The Morgan fingerprint density at radius 3 is 2.40 bits per heavy atom. The van der Waals surface area contributed by atoms with Crippen LogP contribution >= 0.6 is 0 Å². The Morgan fingerprint density at radius 2 is 1.73 bits per heavy atom. The highest BCUT2D eigenvalue weighted by molar-refractivity contribution is 5.65. The van der Waals surface area contributed by atoms with Gasteiger partial charge in [-0.25, -0.2) is 0 Å². The van der Waals surface area contributed by atoms with Crippen LogP contribution in [0.4, 0.5) is 5.69 Å². The highest BCUT2D eigenvalue weighted by Gasteiger charge is 2.10. The molecule has 1 aromatic rings. The average molecular weight is 201 g/mol. The minimum absolute atomic E-state index is 0.722. The quantitative estimate of drug-likeness (QED) is 0.633. The van der Waals surface area contributed by atoms with Gasteiger partial charge in [-0.15, -0.1) is 0 Å². The summed E-state index contributed by atoms with van der Waals surface area (Å²) >= 11 is 0. The molecule has 1 fully saturated rings. The zero-order chi connectivity index (χ0) is 10.5. The summed E-state index contributed by atoms with van der Waals surface area (Å²) in [6.45, 7) is 2.11. The fraction of sp³-hybridized carbons (Fsp3) is 0.500. The molecule has 0 N–H and O–H groups in total. The van der Waals surface area contributed by atoms with Crippen molar-refractivity contribution in [3.8, 4) is 0 Å². The molecule has 2 rings (SSSR count). The molecule has 1 aliphatic rings. The van der Waals surface area contributed by atoms with Crippen LogP contribution in [0.15, 0.2) is 29.3 Å². The van der Waals surface area contributed by atoms with Crippen LogP contribution in [-0.2, 0) is 0 Å². The van der Waals surface area contributed by atoms with Crippen molar-refractivity contribution in [3.63, 3.8) is 0 Å². The third-order valence-electron chi connectivity index (χ3n) is 3.12. The molecule has 0 radical (unpaired) electrons. The molecule has 0 aliphatic heterocycles. The van der Waals surface area contributed by atoms with E-state index in [2.05, 4.69) is 42.4 Å². The summed E-state index contributed by atoms with van der Waals surface area (Å²) in [6.07, 6.45) is 8.98. The topological polar surface area (TPSA) is 12.4 Å². The van der Waals surface area contributed by atoms with E-state index in [4.69, 9.17) is 0 Å². The SMILES string of the molecule is Cc1ccc(N=CC2CCCCC2)cc1. The van der Waals surface area contributed by atoms with Gasteiger partial charge in [-0.3, -0.25) is 4.99 Å². The van der Waals surface area contributed by atoms with E-state index in [9.17, 15) is 0 Å². The molecule has 0 aromatic heterocycles. The number of aliphatic imine (C=N–C) groups is 1. The van der Waals surface area contributed by atoms with Gasteiger partial charge in [0.25, 0.3) is 0 Å². The van der Waals surface area contributed by atoms with Gasteiger partial charge in [-0.05, 0) is 37.8 Å². The molecule has 0 saturated heterocycles. The van der Waals surface area contributed by atoms with Crippen LogP contribution < -0.4 is 0 Å². The number of rotatable bonds is 2. The largest absolute Gasteiger partial charge is 0.261 e. The first-order valence-corrected chi connectivity index (χ1v) is 5.95. The van der Waals surface area contributed by atoms with Crippen LogP contribution in [0.25, 0.3) is 0 Å². The first-order chi connectivity index (χ1) is 7.34. The Hall–Kier alpha value is -1.11. The first kappa shape index (κ1) is 10.4.